The summed E-state index contributed by atoms with van der Waals surface area (Å²) in [4.78, 5) is 21.2. The van der Waals surface area contributed by atoms with Crippen LogP contribution in [0.15, 0.2) is 72.8 Å². The van der Waals surface area contributed by atoms with Crippen molar-refractivity contribution >= 4 is 39.8 Å². The lowest BCUT2D eigenvalue weighted by Gasteiger charge is -2.37. The highest BCUT2D eigenvalue weighted by atomic mass is 32.1. The van der Waals surface area contributed by atoms with Crippen molar-refractivity contribution in [3.8, 4) is 5.75 Å². The Bertz CT molecular complexity index is 1410. The molecule has 3 heterocycles. The van der Waals surface area contributed by atoms with Gasteiger partial charge in [-0.2, -0.15) is 0 Å². The van der Waals surface area contributed by atoms with Gasteiger partial charge in [0.1, 0.15) is 11.8 Å². The summed E-state index contributed by atoms with van der Waals surface area (Å²) >= 11 is 5.98. The molecule has 164 valence electrons. The van der Waals surface area contributed by atoms with Crippen molar-refractivity contribution in [2.75, 3.05) is 12.0 Å². The second-order valence-corrected chi connectivity index (χ2v) is 9.00. The van der Waals surface area contributed by atoms with Crippen molar-refractivity contribution < 1.29 is 9.53 Å². The molecule has 6 rings (SSSR count). The Morgan fingerprint density at radius 1 is 1.00 bits per heavy atom. The van der Waals surface area contributed by atoms with E-state index in [1.807, 2.05) is 36.4 Å². The maximum absolute atomic E-state index is 13.8. The zero-order valence-electron chi connectivity index (χ0n) is 18.4. The van der Waals surface area contributed by atoms with Crippen molar-refractivity contribution in [2.24, 2.45) is 0 Å². The minimum absolute atomic E-state index is 0.0162. The van der Waals surface area contributed by atoms with Crippen LogP contribution in [0.4, 0.5) is 5.69 Å². The number of rotatable bonds is 3. The van der Waals surface area contributed by atoms with E-state index in [0.717, 1.165) is 16.8 Å². The van der Waals surface area contributed by atoms with Crippen molar-refractivity contribution in [1.29, 1.82) is 0 Å². The number of H-pyrrole nitrogens is 1. The molecule has 0 aliphatic carbocycles. The van der Waals surface area contributed by atoms with E-state index in [-0.39, 0.29) is 18.0 Å². The molecule has 6 heteroatoms. The van der Waals surface area contributed by atoms with E-state index < -0.39 is 0 Å². The van der Waals surface area contributed by atoms with Crippen LogP contribution in [0.25, 0.3) is 10.9 Å². The zero-order valence-corrected chi connectivity index (χ0v) is 19.2. The Hall–Kier alpha value is -3.64. The van der Waals surface area contributed by atoms with Gasteiger partial charge in [0.25, 0.3) is 5.91 Å². The third-order valence-corrected chi connectivity index (χ3v) is 7.16. The number of amides is 1. The van der Waals surface area contributed by atoms with Crippen molar-refractivity contribution in [2.45, 2.75) is 25.4 Å². The molecule has 4 aromatic rings. The van der Waals surface area contributed by atoms with Gasteiger partial charge in [-0.15, -0.1) is 0 Å². The second kappa shape index (κ2) is 7.46. The second-order valence-electron chi connectivity index (χ2n) is 8.63. The average molecular weight is 454 g/mol. The highest BCUT2D eigenvalue weighted by molar-refractivity contribution is 7.80. The number of aromatic amines is 1. The van der Waals surface area contributed by atoms with Crippen LogP contribution in [0, 0.1) is 6.92 Å². The van der Waals surface area contributed by atoms with Gasteiger partial charge in [0.05, 0.1) is 18.8 Å². The van der Waals surface area contributed by atoms with Gasteiger partial charge in [0, 0.05) is 23.0 Å². The largest absolute Gasteiger partial charge is 0.495 e. The van der Waals surface area contributed by atoms with Crippen molar-refractivity contribution in [3.05, 3.63) is 95.2 Å². The fourth-order valence-corrected chi connectivity index (χ4v) is 5.63. The molecule has 2 aliphatic heterocycles. The summed E-state index contributed by atoms with van der Waals surface area (Å²) in [6.07, 6.45) is 0.604. The van der Waals surface area contributed by atoms with E-state index >= 15 is 0 Å². The van der Waals surface area contributed by atoms with Crippen LogP contribution in [-0.2, 0) is 11.2 Å². The molecular weight excluding hydrogens is 430 g/mol. The number of benzene rings is 3. The van der Waals surface area contributed by atoms with E-state index in [9.17, 15) is 4.79 Å². The number of nitrogens with zero attached hydrogens (tertiary/aromatic N) is 2. The minimum atomic E-state index is -0.375. The molecule has 5 nitrogen and oxygen atoms in total. The van der Waals surface area contributed by atoms with Gasteiger partial charge >= 0.3 is 0 Å². The predicted molar refractivity (Wildman–Crippen MR) is 134 cm³/mol. The summed E-state index contributed by atoms with van der Waals surface area (Å²) in [5, 5.41) is 1.67. The third kappa shape index (κ3) is 2.91. The summed E-state index contributed by atoms with van der Waals surface area (Å²) in [7, 11) is 1.61. The van der Waals surface area contributed by atoms with Gasteiger partial charge in [0.15, 0.2) is 5.11 Å². The quantitative estimate of drug-likeness (QED) is 0.437. The zero-order chi connectivity index (χ0) is 22.7. The standard InChI is InChI=1S/C27H23N3O2S/c1-16-11-13-17(14-12-16)25-24-19(18-7-3-4-8-20(18)28-24)15-22-26(31)30(27(33)29(22)25)21-9-5-6-10-23(21)32-2/h3-14,22,25,28H,15H2,1-2H3/t22-,25+/m1/s1. The molecule has 1 N–H and O–H groups in total. The number of aryl methyl sites for hydroxylation is 1. The van der Waals surface area contributed by atoms with Gasteiger partial charge in [-0.3, -0.25) is 9.69 Å². The van der Waals surface area contributed by atoms with E-state index in [2.05, 4.69) is 53.2 Å². The molecule has 33 heavy (non-hydrogen) atoms. The Morgan fingerprint density at radius 2 is 1.73 bits per heavy atom. The number of anilines is 1. The normalized spacial score (nSPS) is 19.7. The highest BCUT2D eigenvalue weighted by Crippen LogP contribution is 2.46. The summed E-state index contributed by atoms with van der Waals surface area (Å²) in [6.45, 7) is 2.08. The van der Waals surface area contributed by atoms with Crippen LogP contribution in [0.2, 0.25) is 0 Å². The average Bonchev–Trinajstić information content (AvgIpc) is 3.33. The molecule has 2 atom stereocenters. The van der Waals surface area contributed by atoms with Crippen LogP contribution in [-0.4, -0.2) is 34.1 Å². The summed E-state index contributed by atoms with van der Waals surface area (Å²) in [5.74, 6) is 0.612. The van der Waals surface area contributed by atoms with Crippen LogP contribution in [0.5, 0.6) is 5.75 Å². The number of fused-ring (bicyclic) bond motifs is 4. The number of hydrogen-bond acceptors (Lipinski definition) is 3. The Morgan fingerprint density at radius 3 is 2.52 bits per heavy atom. The van der Waals surface area contributed by atoms with E-state index in [4.69, 9.17) is 17.0 Å². The van der Waals surface area contributed by atoms with Crippen LogP contribution >= 0.6 is 12.2 Å². The maximum Gasteiger partial charge on any atom is 0.256 e. The van der Waals surface area contributed by atoms with Gasteiger partial charge in [-0.25, -0.2) is 0 Å². The molecule has 2 aliphatic rings. The number of methoxy groups -OCH3 is 1. The molecule has 3 aromatic carbocycles. The number of hydrogen-bond donors (Lipinski definition) is 1. The monoisotopic (exact) mass is 453 g/mol. The maximum atomic E-state index is 13.8. The highest BCUT2D eigenvalue weighted by Gasteiger charge is 2.51. The smallest absolute Gasteiger partial charge is 0.256 e. The number of thiocarbonyl (C=S) groups is 1. The number of nitrogens with one attached hydrogen (secondary N) is 1. The fourth-order valence-electron chi connectivity index (χ4n) is 5.21. The fraction of sp³-hybridized carbons (Fsp3) is 0.185. The molecule has 1 aromatic heterocycles. The Labute approximate surface area is 197 Å². The molecule has 1 saturated heterocycles. The lowest BCUT2D eigenvalue weighted by molar-refractivity contribution is -0.120. The number of ether oxygens (including phenoxy) is 1. The van der Waals surface area contributed by atoms with Gasteiger partial charge in [0.2, 0.25) is 0 Å². The number of carbonyl (C=O) groups is 1. The first kappa shape index (κ1) is 20.0. The van der Waals surface area contributed by atoms with Crippen LogP contribution in [0.3, 0.4) is 0 Å². The summed E-state index contributed by atoms with van der Waals surface area (Å²) in [6, 6.07) is 23.8. The number of para-hydroxylation sites is 3. The summed E-state index contributed by atoms with van der Waals surface area (Å²) < 4.78 is 5.56. The predicted octanol–water partition coefficient (Wildman–Crippen LogP) is 5.13. The number of carbonyl (C=O) groups excluding carboxylic acids is 1. The molecule has 1 amide bonds. The molecule has 0 spiro atoms. The molecule has 0 bridgehead atoms. The molecule has 0 saturated carbocycles. The van der Waals surface area contributed by atoms with Crippen LogP contribution < -0.4 is 9.64 Å². The van der Waals surface area contributed by atoms with Crippen LogP contribution in [0.1, 0.15) is 28.4 Å². The first-order chi connectivity index (χ1) is 16.1. The molecule has 0 radical (unpaired) electrons. The van der Waals surface area contributed by atoms with E-state index in [0.29, 0.717) is 23.0 Å². The van der Waals surface area contributed by atoms with Gasteiger partial charge < -0.3 is 14.6 Å². The first-order valence-corrected chi connectivity index (χ1v) is 11.4. The van der Waals surface area contributed by atoms with E-state index in [1.165, 1.54) is 16.5 Å². The molecule has 0 unspecified atom stereocenters. The lowest BCUT2D eigenvalue weighted by atomic mass is 9.88. The van der Waals surface area contributed by atoms with Gasteiger partial charge in [-0.1, -0.05) is 60.2 Å². The third-order valence-electron chi connectivity index (χ3n) is 6.77. The van der Waals surface area contributed by atoms with Gasteiger partial charge in [-0.05, 0) is 48.5 Å². The minimum Gasteiger partial charge on any atom is -0.495 e. The Balaban J connectivity index is 1.55. The number of aromatic nitrogens is 1. The summed E-state index contributed by atoms with van der Waals surface area (Å²) in [5.41, 5.74) is 6.36. The van der Waals surface area contributed by atoms with Crippen molar-refractivity contribution in [3.63, 3.8) is 0 Å². The topological polar surface area (TPSA) is 48.6 Å². The SMILES string of the molecule is COc1ccccc1N1C(=O)[C@H]2Cc3c([nH]c4ccccc34)[C@H](c3ccc(C)cc3)N2C1=S. The van der Waals surface area contributed by atoms with Crippen molar-refractivity contribution in [1.82, 2.24) is 9.88 Å². The first-order valence-electron chi connectivity index (χ1n) is 11.0. The molecular formula is C27H23N3O2S. The lowest BCUT2D eigenvalue weighted by Crippen LogP contribution is -2.44. The van der Waals surface area contributed by atoms with E-state index in [1.54, 1.807) is 12.0 Å². The molecule has 1 fully saturated rings. The Kier molecular flexibility index (Phi) is 4.52.